The average molecular weight is 340 g/mol. The number of methoxy groups -OCH3 is 1. The van der Waals surface area contributed by atoms with Crippen molar-refractivity contribution >= 4 is 27.8 Å². The number of hydrogen-bond acceptors (Lipinski definition) is 3. The Kier molecular flexibility index (Phi) is 4.56. The summed E-state index contributed by atoms with van der Waals surface area (Å²) in [7, 11) is 1.00. The van der Waals surface area contributed by atoms with Crippen LogP contribution in [0.4, 0.5) is 13.2 Å². The Morgan fingerprint density at radius 1 is 1.21 bits per heavy atom. The van der Waals surface area contributed by atoms with Crippen molar-refractivity contribution in [1.82, 2.24) is 5.32 Å². The Morgan fingerprint density at radius 3 is 2.16 bits per heavy atom. The third-order valence-electron chi connectivity index (χ3n) is 2.18. The number of carbonyl (C=O) groups excluding carboxylic acids is 2. The highest BCUT2D eigenvalue weighted by atomic mass is 79.9. The second kappa shape index (κ2) is 5.60. The zero-order chi connectivity index (χ0) is 14.7. The van der Waals surface area contributed by atoms with Gasteiger partial charge in [-0.3, -0.25) is 4.79 Å². The normalized spacial score (nSPS) is 14.4. The highest BCUT2D eigenvalue weighted by Gasteiger charge is 2.48. The molecule has 1 N–H and O–H groups in total. The van der Waals surface area contributed by atoms with Crippen LogP contribution in [0.5, 0.6) is 0 Å². The van der Waals surface area contributed by atoms with Gasteiger partial charge in [-0.25, -0.2) is 4.79 Å². The Bertz CT molecular complexity index is 478. The second-order valence-electron chi connectivity index (χ2n) is 3.47. The summed E-state index contributed by atoms with van der Waals surface area (Å²) in [6.45, 7) is 0. The van der Waals surface area contributed by atoms with Gasteiger partial charge in [0.1, 0.15) is 0 Å². The summed E-state index contributed by atoms with van der Waals surface area (Å²) in [5, 5.41) is 1.58. The highest BCUT2D eigenvalue weighted by Crippen LogP contribution is 2.31. The fourth-order valence-electron chi connectivity index (χ4n) is 1.28. The van der Waals surface area contributed by atoms with Crippen molar-refractivity contribution < 1.29 is 27.5 Å². The Morgan fingerprint density at radius 2 is 1.74 bits per heavy atom. The first-order valence-corrected chi connectivity index (χ1v) is 5.73. The molecule has 1 aromatic carbocycles. The van der Waals surface area contributed by atoms with Crippen molar-refractivity contribution in [3.63, 3.8) is 0 Å². The summed E-state index contributed by atoms with van der Waals surface area (Å²) < 4.78 is 39.2. The fraction of sp³-hybridized carbons (Fsp3) is 0.273. The molecule has 0 aliphatic rings. The number of rotatable bonds is 3. The van der Waals surface area contributed by atoms with E-state index in [9.17, 15) is 22.8 Å². The third kappa shape index (κ3) is 3.46. The molecule has 0 saturated carbocycles. The van der Waals surface area contributed by atoms with Gasteiger partial charge in [0.2, 0.25) is 4.45 Å². The van der Waals surface area contributed by atoms with E-state index >= 15 is 0 Å². The van der Waals surface area contributed by atoms with Crippen LogP contribution >= 0.6 is 15.9 Å². The van der Waals surface area contributed by atoms with Crippen LogP contribution in [0.15, 0.2) is 30.3 Å². The molecule has 0 fully saturated rings. The van der Waals surface area contributed by atoms with Gasteiger partial charge in [-0.05, 0) is 21.5 Å². The number of alkyl halides is 4. The van der Waals surface area contributed by atoms with E-state index in [0.29, 0.717) is 0 Å². The molecule has 1 rings (SSSR count). The maximum Gasteiger partial charge on any atom is 0.471 e. The van der Waals surface area contributed by atoms with Crippen LogP contribution in [0.1, 0.15) is 5.56 Å². The molecule has 4 nitrogen and oxygen atoms in total. The molecule has 0 spiro atoms. The lowest BCUT2D eigenvalue weighted by Gasteiger charge is -2.26. The number of benzene rings is 1. The van der Waals surface area contributed by atoms with Crippen LogP contribution < -0.4 is 5.32 Å². The standard InChI is InChI=1S/C11H9BrF3NO3/c1-19-9(18)10(12,7-5-3-2-4-6-7)16-8(17)11(13,14)15/h2-6H,1H3,(H,16,17)/t10-/m1/s1. The molecule has 0 aliphatic carbocycles. The molecule has 0 bridgehead atoms. The highest BCUT2D eigenvalue weighted by molar-refractivity contribution is 9.10. The molecule has 0 aliphatic heterocycles. The molecule has 19 heavy (non-hydrogen) atoms. The molecule has 104 valence electrons. The summed E-state index contributed by atoms with van der Waals surface area (Å²) >= 11 is 2.81. The first kappa shape index (κ1) is 15.5. The van der Waals surface area contributed by atoms with E-state index in [0.717, 1.165) is 7.11 Å². The van der Waals surface area contributed by atoms with Gasteiger partial charge < -0.3 is 10.1 Å². The molecular weight excluding hydrogens is 331 g/mol. The number of carbonyl (C=O) groups is 2. The van der Waals surface area contributed by atoms with Gasteiger partial charge in [-0.15, -0.1) is 0 Å². The summed E-state index contributed by atoms with van der Waals surface area (Å²) in [5.74, 6) is -3.32. The largest absolute Gasteiger partial charge is 0.471 e. The summed E-state index contributed by atoms with van der Waals surface area (Å²) in [6.07, 6.45) is -5.11. The maximum absolute atomic E-state index is 12.3. The summed E-state index contributed by atoms with van der Waals surface area (Å²) in [6, 6.07) is 7.38. The molecule has 0 heterocycles. The number of amides is 1. The van der Waals surface area contributed by atoms with Crippen molar-refractivity contribution in [2.75, 3.05) is 7.11 Å². The number of hydrogen-bond donors (Lipinski definition) is 1. The number of ether oxygens (including phenoxy) is 1. The van der Waals surface area contributed by atoms with Gasteiger partial charge in [0, 0.05) is 0 Å². The molecule has 0 saturated heterocycles. The van der Waals surface area contributed by atoms with E-state index in [1.807, 2.05) is 0 Å². The quantitative estimate of drug-likeness (QED) is 0.521. The van der Waals surface area contributed by atoms with E-state index in [1.165, 1.54) is 24.3 Å². The number of esters is 1. The lowest BCUT2D eigenvalue weighted by molar-refractivity contribution is -0.176. The minimum atomic E-state index is -5.11. The van der Waals surface area contributed by atoms with E-state index in [1.54, 1.807) is 11.4 Å². The van der Waals surface area contributed by atoms with Gasteiger partial charge in [-0.1, -0.05) is 30.3 Å². The average Bonchev–Trinajstić information content (AvgIpc) is 2.37. The van der Waals surface area contributed by atoms with Gasteiger partial charge in [0.25, 0.3) is 0 Å². The first-order valence-electron chi connectivity index (χ1n) is 4.94. The molecule has 0 aromatic heterocycles. The van der Waals surface area contributed by atoms with Crippen LogP contribution in [0.2, 0.25) is 0 Å². The zero-order valence-electron chi connectivity index (χ0n) is 9.62. The fourth-order valence-corrected chi connectivity index (χ4v) is 1.88. The molecule has 1 aromatic rings. The van der Waals surface area contributed by atoms with Crippen LogP contribution in [0.25, 0.3) is 0 Å². The zero-order valence-corrected chi connectivity index (χ0v) is 11.2. The lowest BCUT2D eigenvalue weighted by atomic mass is 10.1. The minimum Gasteiger partial charge on any atom is -0.466 e. The predicted octanol–water partition coefficient (Wildman–Crippen LogP) is 2.09. The predicted molar refractivity (Wildman–Crippen MR) is 63.3 cm³/mol. The SMILES string of the molecule is COC(=O)[C@](Br)(NC(=O)C(F)(F)F)c1ccccc1. The van der Waals surface area contributed by atoms with Crippen LogP contribution in [-0.4, -0.2) is 25.2 Å². The topological polar surface area (TPSA) is 55.4 Å². The molecule has 0 unspecified atom stereocenters. The van der Waals surface area contributed by atoms with Gasteiger partial charge >= 0.3 is 18.1 Å². The van der Waals surface area contributed by atoms with Crippen molar-refractivity contribution in [2.24, 2.45) is 0 Å². The lowest BCUT2D eigenvalue weighted by Crippen LogP contribution is -2.52. The van der Waals surface area contributed by atoms with Gasteiger partial charge in [0.05, 0.1) is 7.11 Å². The monoisotopic (exact) mass is 339 g/mol. The Balaban J connectivity index is 3.16. The first-order chi connectivity index (χ1) is 8.71. The molecule has 8 heteroatoms. The summed E-state index contributed by atoms with van der Waals surface area (Å²) in [4.78, 5) is 22.6. The van der Waals surface area contributed by atoms with Crippen LogP contribution in [0.3, 0.4) is 0 Å². The maximum atomic E-state index is 12.3. The van der Waals surface area contributed by atoms with E-state index < -0.39 is 22.5 Å². The molecule has 1 atom stereocenters. The van der Waals surface area contributed by atoms with Gasteiger partial charge in [-0.2, -0.15) is 13.2 Å². The van der Waals surface area contributed by atoms with Gasteiger partial charge in [0.15, 0.2) is 0 Å². The van der Waals surface area contributed by atoms with E-state index in [4.69, 9.17) is 0 Å². The minimum absolute atomic E-state index is 0.111. The molecule has 1 amide bonds. The Labute approximate surface area is 115 Å². The van der Waals surface area contributed by atoms with Crippen molar-refractivity contribution in [3.05, 3.63) is 35.9 Å². The third-order valence-corrected chi connectivity index (χ3v) is 3.16. The van der Waals surface area contributed by atoms with Crippen LogP contribution in [-0.2, 0) is 18.8 Å². The van der Waals surface area contributed by atoms with Crippen molar-refractivity contribution in [3.8, 4) is 0 Å². The van der Waals surface area contributed by atoms with Crippen molar-refractivity contribution in [1.29, 1.82) is 0 Å². The number of halogens is 4. The van der Waals surface area contributed by atoms with Crippen molar-refractivity contribution in [2.45, 2.75) is 10.6 Å². The molecule has 0 radical (unpaired) electrons. The summed E-state index contributed by atoms with van der Waals surface area (Å²) in [5.41, 5.74) is 0.111. The Hall–Kier alpha value is -1.57. The smallest absolute Gasteiger partial charge is 0.466 e. The number of nitrogens with one attached hydrogen (secondary N) is 1. The van der Waals surface area contributed by atoms with E-state index in [-0.39, 0.29) is 5.56 Å². The van der Waals surface area contributed by atoms with E-state index in [2.05, 4.69) is 20.7 Å². The second-order valence-corrected chi connectivity index (χ2v) is 4.66. The molecular formula is C11H9BrF3NO3. The van der Waals surface area contributed by atoms with Crippen LogP contribution in [0, 0.1) is 0 Å².